The lowest BCUT2D eigenvalue weighted by Gasteiger charge is -2.25. The molecule has 1 aliphatic rings. The first kappa shape index (κ1) is 15.4. The number of nitrogens with two attached hydrogens (primary N) is 1. The van der Waals surface area contributed by atoms with Crippen molar-refractivity contribution in [1.82, 2.24) is 5.32 Å². The second-order valence-electron chi connectivity index (χ2n) is 5.40. The Labute approximate surface area is 123 Å². The predicted molar refractivity (Wildman–Crippen MR) is 78.0 cm³/mol. The smallest absolute Gasteiger partial charge is 0.243 e. The summed E-state index contributed by atoms with van der Waals surface area (Å²) in [5, 5.41) is 5.14. The summed E-state index contributed by atoms with van der Waals surface area (Å²) in [6, 6.07) is 5.68. The molecule has 6 heteroatoms. The minimum absolute atomic E-state index is 0.0654. The molecule has 0 aliphatic heterocycles. The van der Waals surface area contributed by atoms with Gasteiger partial charge in [0, 0.05) is 17.6 Å². The van der Waals surface area contributed by atoms with E-state index in [1.54, 1.807) is 6.07 Å². The maximum Gasteiger partial charge on any atom is 0.243 e. The number of carbonyl (C=O) groups is 2. The maximum atomic E-state index is 13.0. The van der Waals surface area contributed by atoms with Crippen LogP contribution in [0.25, 0.3) is 0 Å². The predicted octanol–water partition coefficient (Wildman–Crippen LogP) is 1.40. The van der Waals surface area contributed by atoms with Gasteiger partial charge >= 0.3 is 0 Å². The van der Waals surface area contributed by atoms with Crippen molar-refractivity contribution in [3.63, 3.8) is 0 Å². The molecule has 0 saturated heterocycles. The SMILES string of the molecule is NC1CCCC(C(=O)NCC(=O)Nc2cccc(F)c2)C1. The summed E-state index contributed by atoms with van der Waals surface area (Å²) in [6.07, 6.45) is 3.36. The monoisotopic (exact) mass is 293 g/mol. The average molecular weight is 293 g/mol. The van der Waals surface area contributed by atoms with Gasteiger partial charge in [0.2, 0.25) is 11.8 Å². The first-order valence-corrected chi connectivity index (χ1v) is 7.13. The maximum absolute atomic E-state index is 13.0. The number of anilines is 1. The van der Waals surface area contributed by atoms with Crippen molar-refractivity contribution in [2.24, 2.45) is 11.7 Å². The normalized spacial score (nSPS) is 21.6. The molecule has 0 bridgehead atoms. The number of carbonyl (C=O) groups excluding carboxylic acids is 2. The van der Waals surface area contributed by atoms with Crippen LogP contribution in [0.3, 0.4) is 0 Å². The van der Waals surface area contributed by atoms with E-state index in [-0.39, 0.29) is 30.3 Å². The Hall–Kier alpha value is -1.95. The molecule has 0 heterocycles. The zero-order valence-corrected chi connectivity index (χ0v) is 11.8. The Morgan fingerprint density at radius 2 is 2.14 bits per heavy atom. The second kappa shape index (κ2) is 7.17. The van der Waals surface area contributed by atoms with Crippen LogP contribution in [-0.2, 0) is 9.59 Å². The van der Waals surface area contributed by atoms with Gasteiger partial charge in [-0.05, 0) is 37.5 Å². The Morgan fingerprint density at radius 1 is 1.33 bits per heavy atom. The van der Waals surface area contributed by atoms with Crippen molar-refractivity contribution in [3.8, 4) is 0 Å². The lowest BCUT2D eigenvalue weighted by atomic mass is 9.85. The Morgan fingerprint density at radius 3 is 2.86 bits per heavy atom. The topological polar surface area (TPSA) is 84.2 Å². The largest absolute Gasteiger partial charge is 0.347 e. The first-order chi connectivity index (χ1) is 10.0. The van der Waals surface area contributed by atoms with Gasteiger partial charge in [-0.3, -0.25) is 9.59 Å². The van der Waals surface area contributed by atoms with E-state index in [0.717, 1.165) is 19.3 Å². The van der Waals surface area contributed by atoms with Gasteiger partial charge < -0.3 is 16.4 Å². The molecule has 0 radical (unpaired) electrons. The minimum Gasteiger partial charge on any atom is -0.347 e. The lowest BCUT2D eigenvalue weighted by Crippen LogP contribution is -2.40. The van der Waals surface area contributed by atoms with E-state index in [4.69, 9.17) is 5.73 Å². The summed E-state index contributed by atoms with van der Waals surface area (Å²) >= 11 is 0. The van der Waals surface area contributed by atoms with E-state index in [9.17, 15) is 14.0 Å². The number of hydrogen-bond donors (Lipinski definition) is 3. The standard InChI is InChI=1S/C15H20FN3O2/c16-11-4-2-6-13(8-11)19-14(20)9-18-15(21)10-3-1-5-12(17)7-10/h2,4,6,8,10,12H,1,3,5,7,9,17H2,(H,18,21)(H,19,20). The molecule has 2 atom stereocenters. The van der Waals surface area contributed by atoms with Crippen LogP contribution in [0, 0.1) is 11.7 Å². The van der Waals surface area contributed by atoms with Crippen molar-refractivity contribution in [2.75, 3.05) is 11.9 Å². The summed E-state index contributed by atoms with van der Waals surface area (Å²) in [7, 11) is 0. The minimum atomic E-state index is -0.423. The highest BCUT2D eigenvalue weighted by molar-refractivity contribution is 5.94. The van der Waals surface area contributed by atoms with Gasteiger partial charge in [-0.15, -0.1) is 0 Å². The Bertz CT molecular complexity index is 521. The van der Waals surface area contributed by atoms with Crippen LogP contribution in [0.5, 0.6) is 0 Å². The van der Waals surface area contributed by atoms with Crippen molar-refractivity contribution >= 4 is 17.5 Å². The summed E-state index contributed by atoms with van der Waals surface area (Å²) < 4.78 is 13.0. The fourth-order valence-electron chi connectivity index (χ4n) is 2.55. The van der Waals surface area contributed by atoms with Crippen LogP contribution in [0.1, 0.15) is 25.7 Å². The Kier molecular flexibility index (Phi) is 5.27. The third kappa shape index (κ3) is 4.82. The molecule has 21 heavy (non-hydrogen) atoms. The van der Waals surface area contributed by atoms with Gasteiger partial charge in [-0.2, -0.15) is 0 Å². The fourth-order valence-corrected chi connectivity index (χ4v) is 2.55. The van der Waals surface area contributed by atoms with Gasteiger partial charge in [-0.25, -0.2) is 4.39 Å². The third-order valence-electron chi connectivity index (χ3n) is 3.62. The highest BCUT2D eigenvalue weighted by atomic mass is 19.1. The van der Waals surface area contributed by atoms with Gasteiger partial charge in [0.25, 0.3) is 0 Å². The molecule has 5 nitrogen and oxygen atoms in total. The van der Waals surface area contributed by atoms with Crippen molar-refractivity contribution in [1.29, 1.82) is 0 Å². The Balaban J connectivity index is 1.77. The van der Waals surface area contributed by atoms with Gasteiger partial charge in [-0.1, -0.05) is 12.5 Å². The zero-order chi connectivity index (χ0) is 15.2. The van der Waals surface area contributed by atoms with E-state index in [1.165, 1.54) is 18.2 Å². The molecule has 2 unspecified atom stereocenters. The highest BCUT2D eigenvalue weighted by Gasteiger charge is 2.25. The summed E-state index contributed by atoms with van der Waals surface area (Å²) in [6.45, 7) is -0.124. The van der Waals surface area contributed by atoms with Crippen LogP contribution >= 0.6 is 0 Å². The third-order valence-corrected chi connectivity index (χ3v) is 3.62. The van der Waals surface area contributed by atoms with Crippen LogP contribution in [0.4, 0.5) is 10.1 Å². The summed E-state index contributed by atoms with van der Waals surface area (Å²) in [5.41, 5.74) is 6.21. The van der Waals surface area contributed by atoms with Crippen LogP contribution in [0.15, 0.2) is 24.3 Å². The molecule has 2 rings (SSSR count). The van der Waals surface area contributed by atoms with E-state index < -0.39 is 5.82 Å². The van der Waals surface area contributed by atoms with E-state index >= 15 is 0 Å². The molecule has 0 spiro atoms. The molecule has 114 valence electrons. The summed E-state index contributed by atoms with van der Waals surface area (Å²) in [5.74, 6) is -1.06. The molecule has 1 fully saturated rings. The van der Waals surface area contributed by atoms with Gasteiger partial charge in [0.05, 0.1) is 6.54 Å². The number of hydrogen-bond acceptors (Lipinski definition) is 3. The molecular weight excluding hydrogens is 273 g/mol. The van der Waals surface area contributed by atoms with Gasteiger partial charge in [0.15, 0.2) is 0 Å². The van der Waals surface area contributed by atoms with Crippen LogP contribution < -0.4 is 16.4 Å². The molecule has 0 aromatic heterocycles. The lowest BCUT2D eigenvalue weighted by molar-refractivity contribution is -0.128. The molecular formula is C15H20FN3O2. The molecule has 2 amide bonds. The number of amides is 2. The number of nitrogens with one attached hydrogen (secondary N) is 2. The van der Waals surface area contributed by atoms with Crippen molar-refractivity contribution < 1.29 is 14.0 Å². The molecule has 1 aliphatic carbocycles. The number of rotatable bonds is 4. The van der Waals surface area contributed by atoms with Crippen molar-refractivity contribution in [3.05, 3.63) is 30.1 Å². The van der Waals surface area contributed by atoms with E-state index in [0.29, 0.717) is 12.1 Å². The molecule has 1 aromatic carbocycles. The highest BCUT2D eigenvalue weighted by Crippen LogP contribution is 2.22. The average Bonchev–Trinajstić information content (AvgIpc) is 2.45. The molecule has 1 saturated carbocycles. The fraction of sp³-hybridized carbons (Fsp3) is 0.467. The van der Waals surface area contributed by atoms with Crippen LogP contribution in [-0.4, -0.2) is 24.4 Å². The van der Waals surface area contributed by atoms with E-state index in [2.05, 4.69) is 10.6 Å². The number of benzene rings is 1. The molecule has 4 N–H and O–H groups in total. The molecule has 1 aromatic rings. The summed E-state index contributed by atoms with van der Waals surface area (Å²) in [4.78, 5) is 23.7. The van der Waals surface area contributed by atoms with E-state index in [1.807, 2.05) is 0 Å². The quantitative estimate of drug-likeness (QED) is 0.784. The van der Waals surface area contributed by atoms with Gasteiger partial charge in [0.1, 0.15) is 5.82 Å². The zero-order valence-electron chi connectivity index (χ0n) is 11.8. The van der Waals surface area contributed by atoms with Crippen LogP contribution in [0.2, 0.25) is 0 Å². The second-order valence-corrected chi connectivity index (χ2v) is 5.40. The van der Waals surface area contributed by atoms with Crippen molar-refractivity contribution in [2.45, 2.75) is 31.7 Å². The first-order valence-electron chi connectivity index (χ1n) is 7.13. The number of halogens is 1.